The summed E-state index contributed by atoms with van der Waals surface area (Å²) in [6.07, 6.45) is 20.2. The molecule has 0 aliphatic rings. The number of aromatic nitrogens is 8. The molecule has 26 nitrogen and oxygen atoms in total. The lowest BCUT2D eigenvalue weighted by Crippen LogP contribution is -2.13. The number of carbonyl (C=O) groups is 2. The molecular formula is C65H67IN18O8. The van der Waals surface area contributed by atoms with Gasteiger partial charge in [-0.15, -0.1) is 24.0 Å². The van der Waals surface area contributed by atoms with Crippen LogP contribution >= 0.6 is 24.0 Å². The number of nitrogens with one attached hydrogen (secondary N) is 3. The van der Waals surface area contributed by atoms with Crippen LogP contribution in [0.5, 0.6) is 0 Å². The van der Waals surface area contributed by atoms with Crippen molar-refractivity contribution < 1.29 is 24.4 Å². The number of nitro benzene ring substituents is 3. The summed E-state index contributed by atoms with van der Waals surface area (Å²) in [7, 11) is 3.74. The summed E-state index contributed by atoms with van der Waals surface area (Å²) in [5.74, 6) is 0.943. The second kappa shape index (κ2) is 37.1. The van der Waals surface area contributed by atoms with Crippen molar-refractivity contribution in [1.82, 2.24) is 44.8 Å². The minimum Gasteiger partial charge on any atom is -0.399 e. The van der Waals surface area contributed by atoms with Gasteiger partial charge in [0.05, 0.1) is 37.7 Å². The number of nitrogens with zero attached hydrogens (tertiary/aromatic N) is 12. The van der Waals surface area contributed by atoms with Crippen LogP contribution < -0.4 is 27.8 Å². The molecule has 10 aromatic rings. The van der Waals surface area contributed by atoms with Gasteiger partial charge < -0.3 is 32.7 Å². The fourth-order valence-electron chi connectivity index (χ4n) is 7.36. The first-order chi connectivity index (χ1) is 43.5. The fourth-order valence-corrected chi connectivity index (χ4v) is 7.36. The number of rotatable bonds is 15. The van der Waals surface area contributed by atoms with E-state index in [-0.39, 0.29) is 64.9 Å². The largest absolute Gasteiger partial charge is 0.399 e. The second-order valence-corrected chi connectivity index (χ2v) is 19.6. The predicted octanol–water partition coefficient (Wildman–Crippen LogP) is 12.8. The Morgan fingerprint density at radius 1 is 0.554 bits per heavy atom. The zero-order valence-corrected chi connectivity index (χ0v) is 53.4. The molecule has 0 bridgehead atoms. The highest BCUT2D eigenvalue weighted by Gasteiger charge is 2.13. The predicted molar refractivity (Wildman–Crippen MR) is 367 cm³/mol. The highest BCUT2D eigenvalue weighted by Crippen LogP contribution is 2.27. The third-order valence-corrected chi connectivity index (χ3v) is 12.3. The average Bonchev–Trinajstić information content (AvgIpc) is 1.02. The molecule has 0 saturated carbocycles. The number of nitro groups is 3. The van der Waals surface area contributed by atoms with E-state index in [1.165, 1.54) is 49.4 Å². The van der Waals surface area contributed by atoms with E-state index in [4.69, 9.17) is 22.6 Å². The smallest absolute Gasteiger partial charge is 0.271 e. The van der Waals surface area contributed by atoms with E-state index in [9.17, 15) is 39.9 Å². The molecule has 0 fully saturated rings. The van der Waals surface area contributed by atoms with Crippen molar-refractivity contribution in [2.24, 2.45) is 5.73 Å². The summed E-state index contributed by atoms with van der Waals surface area (Å²) in [6, 6.07) is 37.5. The van der Waals surface area contributed by atoms with Crippen LogP contribution in [-0.2, 0) is 6.42 Å². The van der Waals surface area contributed by atoms with E-state index in [1.807, 2.05) is 88.3 Å². The summed E-state index contributed by atoms with van der Waals surface area (Å²) >= 11 is 0. The van der Waals surface area contributed by atoms with Gasteiger partial charge in [0, 0.05) is 170 Å². The van der Waals surface area contributed by atoms with Crippen LogP contribution in [0.15, 0.2) is 208 Å². The number of halogens is 1. The van der Waals surface area contributed by atoms with Crippen molar-refractivity contribution >= 4 is 93.1 Å². The highest BCUT2D eigenvalue weighted by molar-refractivity contribution is 14.0. The Hall–Kier alpha value is -11.9. The van der Waals surface area contributed by atoms with Crippen molar-refractivity contribution in [2.45, 2.75) is 41.0 Å². The number of hydrogen-bond donors (Lipinski definition) is 6. The summed E-state index contributed by atoms with van der Waals surface area (Å²) in [5.41, 5.74) is 28.3. The van der Waals surface area contributed by atoms with Gasteiger partial charge >= 0.3 is 0 Å². The summed E-state index contributed by atoms with van der Waals surface area (Å²) in [6.45, 7) is 9.03. The number of ketones is 2. The molecule has 472 valence electrons. The summed E-state index contributed by atoms with van der Waals surface area (Å²) < 4.78 is 0. The topological polar surface area (TPSA) is 396 Å². The number of anilines is 6. The third-order valence-electron chi connectivity index (χ3n) is 12.3. The highest BCUT2D eigenvalue weighted by atomic mass is 127. The third kappa shape index (κ3) is 24.7. The molecule has 0 saturated heterocycles. The maximum absolute atomic E-state index is 11.4. The Morgan fingerprint density at radius 3 is 1.41 bits per heavy atom. The van der Waals surface area contributed by atoms with E-state index in [0.717, 1.165) is 56.0 Å². The second-order valence-electron chi connectivity index (χ2n) is 19.6. The number of Topliss-reactive ketones (excluding diaryl/α,β-unsaturated/α-hetero) is 1. The zero-order valence-electron chi connectivity index (χ0n) is 51.1. The van der Waals surface area contributed by atoms with Gasteiger partial charge in [0.15, 0.2) is 11.6 Å². The number of nitrogen functional groups attached to an aromatic ring is 2. The van der Waals surface area contributed by atoms with Crippen LogP contribution in [0.4, 0.5) is 51.7 Å². The van der Waals surface area contributed by atoms with Crippen LogP contribution in [0, 0.1) is 63.4 Å². The van der Waals surface area contributed by atoms with Gasteiger partial charge in [-0.25, -0.2) is 19.9 Å². The first-order valence-electron chi connectivity index (χ1n) is 27.4. The molecule has 4 aromatic carbocycles. The van der Waals surface area contributed by atoms with Crippen LogP contribution in [0.25, 0.3) is 22.5 Å². The Labute approximate surface area is 547 Å². The van der Waals surface area contributed by atoms with Gasteiger partial charge in [0.25, 0.3) is 17.1 Å². The summed E-state index contributed by atoms with van der Waals surface area (Å²) in [5, 5.41) is 44.9. The molecule has 0 aliphatic carbocycles. The number of hydrogen-bond acceptors (Lipinski definition) is 22. The maximum Gasteiger partial charge on any atom is 0.271 e. The molecule has 27 heteroatoms. The standard InChI is InChI=1S/C16H13N5O2.C16H15N5.C10H12N2O.C9H11N3O2.C7H8N2O2.C7H7NO.HI/c1-11-4-5-13(21(22)23)9-15(11)20-16-18-8-6-14(19-16)12-3-2-7-17-10-12;1-11-4-5-13(17)9-15(11)21-16-19-8-6-14(20-16)12-3-2-7-18-10-12;1-12(2)7-5-10(13)9-4-3-6-11-8-9;1-6-2-3-8(12(13)14)4-7(6)5-9(10)11;1-5-2-3-6(9(10)11)4-7(5)8;1-6(9)7-3-2-4-8-5-7;/h2-10H,1H3,(H,18,19,20);2-10H,17H2,1H3,(H,19,20,21);3-8H,1-2H3;2-4H,5H2,1H3,(H3,10,11);2-4H,8H2,1H3;2-5H,1H3;1H/b;;7-5+;;;;. The molecule has 0 unspecified atom stereocenters. The summed E-state index contributed by atoms with van der Waals surface area (Å²) in [4.78, 5) is 87.2. The minimum absolute atomic E-state index is 0. The van der Waals surface area contributed by atoms with Crippen molar-refractivity contribution in [3.05, 3.63) is 277 Å². The molecule has 92 heavy (non-hydrogen) atoms. The SMILES string of the molecule is CC(=O)c1cccnc1.CN(C)/C=C/C(=O)c1cccnc1.Cc1ccc(N)cc1Nc1nccc(-c2cccnc2)n1.Cc1ccc([N+](=O)[O-])cc1CC(=N)N.Cc1ccc([N+](=O)[O-])cc1N.Cc1ccc([N+](=O)[O-])cc1Nc1nccc(-c2cccnc2)n1.I. The fraction of sp³-hybridized carbons (Fsp3) is 0.123. The van der Waals surface area contributed by atoms with Crippen molar-refractivity contribution in [3.8, 4) is 22.5 Å². The van der Waals surface area contributed by atoms with E-state index in [0.29, 0.717) is 40.1 Å². The van der Waals surface area contributed by atoms with Crippen LogP contribution in [0.2, 0.25) is 0 Å². The number of benzene rings is 4. The first kappa shape index (κ1) is 72.6. The van der Waals surface area contributed by atoms with Gasteiger partial charge in [-0.1, -0.05) is 24.3 Å². The number of amidine groups is 1. The Kier molecular flexibility index (Phi) is 29.3. The number of non-ortho nitro benzene ring substituents is 3. The average molecular weight is 1360 g/mol. The van der Waals surface area contributed by atoms with Gasteiger partial charge in [0.2, 0.25) is 11.9 Å². The molecule has 0 amide bonds. The zero-order chi connectivity index (χ0) is 66.4. The molecule has 10 rings (SSSR count). The minimum atomic E-state index is -0.462. The lowest BCUT2D eigenvalue weighted by Gasteiger charge is -2.09. The molecule has 6 aromatic heterocycles. The molecule has 9 N–H and O–H groups in total. The van der Waals surface area contributed by atoms with Crippen molar-refractivity contribution in [1.29, 1.82) is 5.41 Å². The molecule has 0 spiro atoms. The van der Waals surface area contributed by atoms with Gasteiger partial charge in [0.1, 0.15) is 0 Å². The molecule has 0 aliphatic heterocycles. The quantitative estimate of drug-likeness (QED) is 0.00811. The number of carbonyl (C=O) groups excluding carboxylic acids is 2. The van der Waals surface area contributed by atoms with E-state index in [1.54, 1.807) is 124 Å². The molecule has 0 atom stereocenters. The monoisotopic (exact) mass is 1350 g/mol. The van der Waals surface area contributed by atoms with E-state index in [2.05, 4.69) is 50.5 Å². The Bertz CT molecular complexity index is 4120. The van der Waals surface area contributed by atoms with E-state index >= 15 is 0 Å². The van der Waals surface area contributed by atoms with Crippen molar-refractivity contribution in [3.63, 3.8) is 0 Å². The first-order valence-corrected chi connectivity index (χ1v) is 27.4. The van der Waals surface area contributed by atoms with Gasteiger partial charge in [-0.3, -0.25) is 65.3 Å². The molecular weight excluding hydrogens is 1290 g/mol. The number of nitrogens with two attached hydrogens (primary N) is 3. The van der Waals surface area contributed by atoms with Crippen LogP contribution in [0.1, 0.15) is 55.5 Å². The Balaban J connectivity index is 0.000000242. The number of aryl methyl sites for hydroxylation is 4. The van der Waals surface area contributed by atoms with Crippen LogP contribution in [0.3, 0.4) is 0 Å². The molecule has 0 radical (unpaired) electrons. The lowest BCUT2D eigenvalue weighted by molar-refractivity contribution is -0.385. The number of pyridine rings is 4. The van der Waals surface area contributed by atoms with Crippen LogP contribution in [-0.4, -0.2) is 91.0 Å². The normalized spacial score (nSPS) is 9.90. The maximum atomic E-state index is 11.4. The van der Waals surface area contributed by atoms with Gasteiger partial charge in [-0.2, -0.15) is 0 Å². The van der Waals surface area contributed by atoms with E-state index < -0.39 is 14.8 Å². The number of allylic oxidation sites excluding steroid dienone is 1. The van der Waals surface area contributed by atoms with Gasteiger partial charge in [-0.05, 0) is 135 Å². The lowest BCUT2D eigenvalue weighted by atomic mass is 10.0. The Morgan fingerprint density at radius 2 is 0.989 bits per heavy atom. The van der Waals surface area contributed by atoms with Crippen molar-refractivity contribution in [2.75, 3.05) is 36.2 Å². The molecule has 6 heterocycles.